The molecule has 6 heteroatoms. The van der Waals surface area contributed by atoms with E-state index in [9.17, 15) is 13.2 Å². The molecule has 1 aliphatic heterocycles. The van der Waals surface area contributed by atoms with Crippen LogP contribution in [0.1, 0.15) is 23.7 Å². The number of carbonyl (C=O) groups is 1. The zero-order valence-electron chi connectivity index (χ0n) is 13.4. The Balaban J connectivity index is 1.69. The summed E-state index contributed by atoms with van der Waals surface area (Å²) in [6.45, 7) is 0.578. The maximum Gasteiger partial charge on any atom is 0.223 e. The van der Waals surface area contributed by atoms with Gasteiger partial charge < -0.3 is 9.32 Å². The minimum Gasteiger partial charge on any atom is -0.469 e. The summed E-state index contributed by atoms with van der Waals surface area (Å²) in [6, 6.07) is 13.7. The summed E-state index contributed by atoms with van der Waals surface area (Å²) in [5.41, 5.74) is 1.15. The van der Waals surface area contributed by atoms with Gasteiger partial charge >= 0.3 is 0 Å². The molecule has 0 saturated carbocycles. The first-order valence-electron chi connectivity index (χ1n) is 8.09. The molecule has 5 nitrogen and oxygen atoms in total. The highest BCUT2D eigenvalue weighted by molar-refractivity contribution is 7.91. The van der Waals surface area contributed by atoms with Crippen molar-refractivity contribution >= 4 is 15.7 Å². The molecule has 1 fully saturated rings. The van der Waals surface area contributed by atoms with Crippen molar-refractivity contribution in [3.63, 3.8) is 0 Å². The molecule has 1 unspecified atom stereocenters. The van der Waals surface area contributed by atoms with Crippen LogP contribution in [0.25, 0.3) is 0 Å². The first-order valence-corrected chi connectivity index (χ1v) is 9.91. The Kier molecular flexibility index (Phi) is 5.04. The van der Waals surface area contributed by atoms with E-state index in [1.54, 1.807) is 11.2 Å². The Hall–Kier alpha value is -2.08. The van der Waals surface area contributed by atoms with Crippen LogP contribution in [0.4, 0.5) is 0 Å². The van der Waals surface area contributed by atoms with Gasteiger partial charge in [0.2, 0.25) is 5.91 Å². The third-order valence-electron chi connectivity index (χ3n) is 4.39. The van der Waals surface area contributed by atoms with Crippen LogP contribution in [0.5, 0.6) is 0 Å². The van der Waals surface area contributed by atoms with E-state index >= 15 is 0 Å². The Morgan fingerprint density at radius 3 is 2.42 bits per heavy atom. The zero-order valence-corrected chi connectivity index (χ0v) is 14.2. The molecule has 1 aliphatic rings. The van der Waals surface area contributed by atoms with Gasteiger partial charge in [-0.1, -0.05) is 30.3 Å². The lowest BCUT2D eigenvalue weighted by Crippen LogP contribution is -2.44. The van der Waals surface area contributed by atoms with Crippen molar-refractivity contribution in [1.82, 2.24) is 4.90 Å². The van der Waals surface area contributed by atoms with Crippen molar-refractivity contribution in [3.8, 4) is 0 Å². The largest absolute Gasteiger partial charge is 0.469 e. The predicted molar refractivity (Wildman–Crippen MR) is 91.4 cm³/mol. The third kappa shape index (κ3) is 4.26. The Bertz CT molecular complexity index is 755. The Morgan fingerprint density at radius 1 is 1.08 bits per heavy atom. The number of nitrogens with zero attached hydrogens (tertiary/aromatic N) is 1. The average Bonchev–Trinajstić information content (AvgIpc) is 3.09. The molecule has 1 atom stereocenters. The van der Waals surface area contributed by atoms with Crippen LogP contribution in [0.3, 0.4) is 0 Å². The molecule has 0 radical (unpaired) electrons. The number of benzene rings is 1. The SMILES string of the molecule is O=C(CC(Cc1ccccc1)c1ccco1)N1CCS(=O)(=O)CC1. The maximum atomic E-state index is 12.6. The number of hydrogen-bond acceptors (Lipinski definition) is 4. The minimum atomic E-state index is -2.98. The van der Waals surface area contributed by atoms with Crippen molar-refractivity contribution < 1.29 is 17.6 Å². The van der Waals surface area contributed by atoms with Crippen molar-refractivity contribution in [2.45, 2.75) is 18.8 Å². The number of carbonyl (C=O) groups excluding carboxylic acids is 1. The minimum absolute atomic E-state index is 0.0118. The second-order valence-corrected chi connectivity index (χ2v) is 8.44. The van der Waals surface area contributed by atoms with Gasteiger partial charge in [-0.3, -0.25) is 4.79 Å². The molecule has 1 amide bonds. The van der Waals surface area contributed by atoms with E-state index in [1.807, 2.05) is 42.5 Å². The van der Waals surface area contributed by atoms with E-state index in [1.165, 1.54) is 0 Å². The fraction of sp³-hybridized carbons (Fsp3) is 0.389. The first kappa shape index (κ1) is 16.8. The van der Waals surface area contributed by atoms with Gasteiger partial charge in [-0.2, -0.15) is 0 Å². The molecule has 24 heavy (non-hydrogen) atoms. The van der Waals surface area contributed by atoms with Gasteiger partial charge in [-0.25, -0.2) is 8.42 Å². The Labute approximate surface area is 142 Å². The highest BCUT2D eigenvalue weighted by Crippen LogP contribution is 2.26. The molecular formula is C18H21NO4S. The van der Waals surface area contributed by atoms with Crippen LogP contribution < -0.4 is 0 Å². The van der Waals surface area contributed by atoms with Crippen molar-refractivity contribution in [2.75, 3.05) is 24.6 Å². The summed E-state index contributed by atoms with van der Waals surface area (Å²) in [6.07, 6.45) is 2.65. The van der Waals surface area contributed by atoms with Crippen molar-refractivity contribution in [3.05, 3.63) is 60.1 Å². The van der Waals surface area contributed by atoms with E-state index in [4.69, 9.17) is 4.42 Å². The molecule has 1 aromatic carbocycles. The van der Waals surface area contributed by atoms with Crippen LogP contribution >= 0.6 is 0 Å². The summed E-state index contributed by atoms with van der Waals surface area (Å²) in [4.78, 5) is 14.2. The highest BCUT2D eigenvalue weighted by atomic mass is 32.2. The van der Waals surface area contributed by atoms with Gasteiger partial charge in [0.1, 0.15) is 5.76 Å². The number of rotatable bonds is 5. The maximum absolute atomic E-state index is 12.6. The molecule has 0 spiro atoms. The van der Waals surface area contributed by atoms with Gasteiger partial charge in [0.15, 0.2) is 9.84 Å². The lowest BCUT2D eigenvalue weighted by Gasteiger charge is -2.28. The second-order valence-electron chi connectivity index (χ2n) is 6.14. The topological polar surface area (TPSA) is 67.6 Å². The van der Waals surface area contributed by atoms with E-state index < -0.39 is 9.84 Å². The summed E-state index contributed by atoms with van der Waals surface area (Å²) >= 11 is 0. The van der Waals surface area contributed by atoms with E-state index in [0.29, 0.717) is 12.8 Å². The average molecular weight is 347 g/mol. The van der Waals surface area contributed by atoms with Crippen LogP contribution in [0.2, 0.25) is 0 Å². The number of hydrogen-bond donors (Lipinski definition) is 0. The second kappa shape index (κ2) is 7.21. The molecule has 0 N–H and O–H groups in total. The summed E-state index contributed by atoms with van der Waals surface area (Å²) < 4.78 is 28.6. The van der Waals surface area contributed by atoms with E-state index in [0.717, 1.165) is 11.3 Å². The predicted octanol–water partition coefficient (Wildman–Crippen LogP) is 2.25. The number of furan rings is 1. The molecule has 0 bridgehead atoms. The molecule has 1 aromatic heterocycles. The molecule has 3 rings (SSSR count). The lowest BCUT2D eigenvalue weighted by molar-refractivity contribution is -0.131. The van der Waals surface area contributed by atoms with Gasteiger partial charge in [0.05, 0.1) is 17.8 Å². The number of sulfone groups is 1. The van der Waals surface area contributed by atoms with Gasteiger partial charge in [-0.15, -0.1) is 0 Å². The van der Waals surface area contributed by atoms with Crippen LogP contribution in [0.15, 0.2) is 53.1 Å². The molecule has 2 aromatic rings. The van der Waals surface area contributed by atoms with Crippen LogP contribution in [-0.4, -0.2) is 43.8 Å². The third-order valence-corrected chi connectivity index (χ3v) is 6.00. The normalized spacial score (nSPS) is 18.2. The first-order chi connectivity index (χ1) is 11.5. The molecule has 2 heterocycles. The molecular weight excluding hydrogens is 326 g/mol. The fourth-order valence-corrected chi connectivity index (χ4v) is 4.20. The Morgan fingerprint density at radius 2 is 1.79 bits per heavy atom. The molecule has 0 aliphatic carbocycles. The zero-order chi connectivity index (χ0) is 17.0. The quantitative estimate of drug-likeness (QED) is 0.832. The summed E-state index contributed by atoms with van der Waals surface area (Å²) in [5, 5.41) is 0. The standard InChI is InChI=1S/C18H21NO4S/c20-18(19-8-11-24(21,22)12-9-19)14-16(17-7-4-10-23-17)13-15-5-2-1-3-6-15/h1-7,10,16H,8-9,11-14H2. The molecule has 128 valence electrons. The molecule has 1 saturated heterocycles. The summed E-state index contributed by atoms with van der Waals surface area (Å²) in [5.74, 6) is 0.846. The summed E-state index contributed by atoms with van der Waals surface area (Å²) in [7, 11) is -2.98. The van der Waals surface area contributed by atoms with E-state index in [-0.39, 0.29) is 36.4 Å². The van der Waals surface area contributed by atoms with Crippen molar-refractivity contribution in [1.29, 1.82) is 0 Å². The number of amides is 1. The van der Waals surface area contributed by atoms with Crippen LogP contribution in [-0.2, 0) is 21.1 Å². The lowest BCUT2D eigenvalue weighted by atomic mass is 9.93. The van der Waals surface area contributed by atoms with Gasteiger partial charge in [0, 0.05) is 25.4 Å². The van der Waals surface area contributed by atoms with Crippen LogP contribution in [0, 0.1) is 0 Å². The smallest absolute Gasteiger partial charge is 0.223 e. The van der Waals surface area contributed by atoms with Gasteiger partial charge in [0.25, 0.3) is 0 Å². The van der Waals surface area contributed by atoms with Gasteiger partial charge in [-0.05, 0) is 24.1 Å². The highest BCUT2D eigenvalue weighted by Gasteiger charge is 2.27. The monoisotopic (exact) mass is 347 g/mol. The van der Waals surface area contributed by atoms with Crippen molar-refractivity contribution in [2.24, 2.45) is 0 Å². The van der Waals surface area contributed by atoms with E-state index in [2.05, 4.69) is 0 Å². The fourth-order valence-electron chi connectivity index (χ4n) is 3.00.